The zero-order valence-electron chi connectivity index (χ0n) is 23.2. The Labute approximate surface area is 236 Å². The highest BCUT2D eigenvalue weighted by Gasteiger charge is 2.32. The molecular formula is C33H39FN2O4. The average molecular weight is 547 g/mol. The van der Waals surface area contributed by atoms with Crippen LogP contribution < -0.4 is 14.8 Å². The maximum Gasteiger partial charge on any atom is 0.243 e. The zero-order chi connectivity index (χ0) is 28.2. The van der Waals surface area contributed by atoms with E-state index in [1.807, 2.05) is 54.6 Å². The normalized spacial score (nSPS) is 14.2. The molecule has 1 aliphatic carbocycles. The van der Waals surface area contributed by atoms with Gasteiger partial charge in [0.15, 0.2) is 0 Å². The number of benzene rings is 3. The van der Waals surface area contributed by atoms with Crippen LogP contribution in [-0.2, 0) is 22.6 Å². The van der Waals surface area contributed by atoms with E-state index in [9.17, 15) is 14.0 Å². The molecule has 1 N–H and O–H groups in total. The quantitative estimate of drug-likeness (QED) is 0.264. The molecule has 3 aromatic rings. The fraction of sp³-hybridized carbons (Fsp3) is 0.394. The van der Waals surface area contributed by atoms with Gasteiger partial charge in [0, 0.05) is 31.0 Å². The molecule has 0 spiro atoms. The highest BCUT2D eigenvalue weighted by atomic mass is 19.1. The van der Waals surface area contributed by atoms with Gasteiger partial charge in [-0.05, 0) is 55.2 Å². The van der Waals surface area contributed by atoms with Crippen LogP contribution >= 0.6 is 0 Å². The average Bonchev–Trinajstić information content (AvgIpc) is 2.99. The van der Waals surface area contributed by atoms with Gasteiger partial charge in [-0.2, -0.15) is 0 Å². The lowest BCUT2D eigenvalue weighted by atomic mass is 9.94. The van der Waals surface area contributed by atoms with Gasteiger partial charge in [0.2, 0.25) is 11.8 Å². The molecule has 1 fully saturated rings. The molecule has 4 rings (SSSR count). The summed E-state index contributed by atoms with van der Waals surface area (Å²) in [5.74, 6) is 0.637. The Hall–Kier alpha value is -3.87. The summed E-state index contributed by atoms with van der Waals surface area (Å²) in [7, 11) is 1.61. The summed E-state index contributed by atoms with van der Waals surface area (Å²) in [5.41, 5.74) is 1.33. The van der Waals surface area contributed by atoms with Crippen molar-refractivity contribution in [3.8, 4) is 11.5 Å². The molecule has 40 heavy (non-hydrogen) atoms. The lowest BCUT2D eigenvalue weighted by Crippen LogP contribution is -2.53. The summed E-state index contributed by atoms with van der Waals surface area (Å²) in [4.78, 5) is 29.1. The number of hydrogen-bond donors (Lipinski definition) is 1. The first-order valence-electron chi connectivity index (χ1n) is 14.2. The molecule has 0 radical (unpaired) electrons. The Morgan fingerprint density at radius 2 is 1.60 bits per heavy atom. The van der Waals surface area contributed by atoms with Crippen LogP contribution in [0.2, 0.25) is 0 Å². The van der Waals surface area contributed by atoms with Gasteiger partial charge in [-0.25, -0.2) is 4.39 Å². The summed E-state index contributed by atoms with van der Waals surface area (Å²) in [5, 5.41) is 3.21. The fourth-order valence-electron chi connectivity index (χ4n) is 5.14. The van der Waals surface area contributed by atoms with E-state index >= 15 is 0 Å². The second kappa shape index (κ2) is 15.1. The smallest absolute Gasteiger partial charge is 0.243 e. The number of halogens is 1. The van der Waals surface area contributed by atoms with Crippen molar-refractivity contribution in [3.05, 3.63) is 95.8 Å². The van der Waals surface area contributed by atoms with Gasteiger partial charge in [0.1, 0.15) is 23.4 Å². The molecule has 0 bridgehead atoms. The van der Waals surface area contributed by atoms with Gasteiger partial charge >= 0.3 is 0 Å². The van der Waals surface area contributed by atoms with Gasteiger partial charge in [-0.1, -0.05) is 67.8 Å². The molecule has 3 aromatic carbocycles. The molecule has 1 saturated carbocycles. The SMILES string of the molecule is COc1ccc(OCCCC(=O)N(Cc2ccccc2F)[C@@H](Cc2ccccc2)C(=O)NC2CCCCC2)cc1. The highest BCUT2D eigenvalue weighted by Crippen LogP contribution is 2.22. The number of hydrogen-bond acceptors (Lipinski definition) is 4. The maximum absolute atomic E-state index is 14.8. The number of nitrogens with one attached hydrogen (secondary N) is 1. The van der Waals surface area contributed by atoms with Crippen LogP contribution in [0.15, 0.2) is 78.9 Å². The van der Waals surface area contributed by atoms with E-state index in [0.717, 1.165) is 37.0 Å². The van der Waals surface area contributed by atoms with E-state index in [1.165, 1.54) is 12.5 Å². The van der Waals surface area contributed by atoms with Crippen molar-refractivity contribution in [1.29, 1.82) is 0 Å². The van der Waals surface area contributed by atoms with Crippen LogP contribution in [-0.4, -0.2) is 42.5 Å². The summed E-state index contributed by atoms with van der Waals surface area (Å²) >= 11 is 0. The van der Waals surface area contributed by atoms with Gasteiger partial charge in [0.25, 0.3) is 0 Å². The summed E-state index contributed by atoms with van der Waals surface area (Å²) in [6, 6.07) is 22.7. The Balaban J connectivity index is 1.51. The van der Waals surface area contributed by atoms with Gasteiger partial charge in [0.05, 0.1) is 13.7 Å². The molecule has 0 aliphatic heterocycles. The van der Waals surface area contributed by atoms with Gasteiger partial charge < -0.3 is 19.7 Å². The lowest BCUT2D eigenvalue weighted by molar-refractivity contribution is -0.141. The molecule has 0 aromatic heterocycles. The second-order valence-corrected chi connectivity index (χ2v) is 10.3. The minimum Gasteiger partial charge on any atom is -0.497 e. The summed E-state index contributed by atoms with van der Waals surface area (Å²) in [6.07, 6.45) is 6.20. The van der Waals surface area contributed by atoms with Crippen molar-refractivity contribution in [2.24, 2.45) is 0 Å². The van der Waals surface area contributed by atoms with E-state index in [1.54, 1.807) is 30.2 Å². The van der Waals surface area contributed by atoms with Crippen molar-refractivity contribution >= 4 is 11.8 Å². The van der Waals surface area contributed by atoms with E-state index in [0.29, 0.717) is 30.8 Å². The molecule has 0 saturated heterocycles. The molecule has 1 atom stereocenters. The first-order valence-corrected chi connectivity index (χ1v) is 14.2. The van der Waals surface area contributed by atoms with Crippen LogP contribution in [0.3, 0.4) is 0 Å². The second-order valence-electron chi connectivity index (χ2n) is 10.3. The Morgan fingerprint density at radius 3 is 2.30 bits per heavy atom. The Morgan fingerprint density at radius 1 is 0.925 bits per heavy atom. The van der Waals surface area contributed by atoms with Crippen molar-refractivity contribution in [1.82, 2.24) is 10.2 Å². The van der Waals surface area contributed by atoms with E-state index < -0.39 is 11.9 Å². The van der Waals surface area contributed by atoms with E-state index in [4.69, 9.17) is 9.47 Å². The third-order valence-corrected chi connectivity index (χ3v) is 7.38. The predicted molar refractivity (Wildman–Crippen MR) is 154 cm³/mol. The molecular weight excluding hydrogens is 507 g/mol. The standard InChI is InChI=1S/C33H39FN2O4/c1-39-28-18-20-29(21-19-28)40-22-10-17-32(37)36(24-26-13-8-9-16-30(26)34)31(23-25-11-4-2-5-12-25)33(38)35-27-14-6-3-7-15-27/h2,4-5,8-9,11-13,16,18-21,27,31H,3,6-7,10,14-15,17,22-24H2,1H3,(H,35,38)/t31-/m0/s1. The number of rotatable bonds is 13. The number of ether oxygens (including phenoxy) is 2. The predicted octanol–water partition coefficient (Wildman–Crippen LogP) is 6.08. The third kappa shape index (κ3) is 8.57. The summed E-state index contributed by atoms with van der Waals surface area (Å²) < 4.78 is 25.7. The molecule has 2 amide bonds. The highest BCUT2D eigenvalue weighted by molar-refractivity contribution is 5.88. The Kier molecular flexibility index (Phi) is 11.0. The lowest BCUT2D eigenvalue weighted by Gasteiger charge is -2.33. The monoisotopic (exact) mass is 546 g/mol. The number of carbonyl (C=O) groups is 2. The van der Waals surface area contributed by atoms with Crippen LogP contribution in [0.4, 0.5) is 4.39 Å². The number of carbonyl (C=O) groups excluding carboxylic acids is 2. The van der Waals surface area contributed by atoms with E-state index in [2.05, 4.69) is 5.32 Å². The zero-order valence-corrected chi connectivity index (χ0v) is 23.2. The topological polar surface area (TPSA) is 67.9 Å². The maximum atomic E-state index is 14.8. The Bertz CT molecular complexity index is 1210. The van der Waals surface area contributed by atoms with Gasteiger partial charge in [-0.3, -0.25) is 9.59 Å². The minimum atomic E-state index is -0.765. The van der Waals surface area contributed by atoms with Crippen LogP contribution in [0.1, 0.15) is 56.1 Å². The van der Waals surface area contributed by atoms with Gasteiger partial charge in [-0.15, -0.1) is 0 Å². The first kappa shape index (κ1) is 29.1. The molecule has 0 unspecified atom stereocenters. The molecule has 7 heteroatoms. The minimum absolute atomic E-state index is 0.0143. The first-order chi connectivity index (χ1) is 19.5. The summed E-state index contributed by atoms with van der Waals surface area (Å²) in [6.45, 7) is 0.351. The number of amides is 2. The van der Waals surface area contributed by atoms with E-state index in [-0.39, 0.29) is 30.8 Å². The van der Waals surface area contributed by atoms with Crippen LogP contribution in [0.5, 0.6) is 11.5 Å². The molecule has 6 nitrogen and oxygen atoms in total. The van der Waals surface area contributed by atoms with Crippen LogP contribution in [0, 0.1) is 5.82 Å². The molecule has 1 aliphatic rings. The fourth-order valence-corrected chi connectivity index (χ4v) is 5.14. The number of methoxy groups -OCH3 is 1. The van der Waals surface area contributed by atoms with Crippen molar-refractivity contribution in [3.63, 3.8) is 0 Å². The molecule has 212 valence electrons. The van der Waals surface area contributed by atoms with Crippen molar-refractivity contribution < 1.29 is 23.5 Å². The third-order valence-electron chi connectivity index (χ3n) is 7.38. The molecule has 0 heterocycles. The largest absolute Gasteiger partial charge is 0.497 e. The van der Waals surface area contributed by atoms with Crippen molar-refractivity contribution in [2.75, 3.05) is 13.7 Å². The number of nitrogens with zero attached hydrogens (tertiary/aromatic N) is 1. The van der Waals surface area contributed by atoms with Crippen molar-refractivity contribution in [2.45, 2.75) is 70.0 Å². The van der Waals surface area contributed by atoms with Crippen LogP contribution in [0.25, 0.3) is 0 Å².